The quantitative estimate of drug-likeness (QED) is 0.446. The molecule has 0 aromatic heterocycles. The number of amides is 2. The van der Waals surface area contributed by atoms with Gasteiger partial charge in [0, 0.05) is 38.1 Å². The fraction of sp³-hybridized carbons (Fsp3) is 0.500. The van der Waals surface area contributed by atoms with Crippen molar-refractivity contribution in [1.29, 1.82) is 0 Å². The van der Waals surface area contributed by atoms with Gasteiger partial charge in [-0.25, -0.2) is 8.42 Å². The third kappa shape index (κ3) is 6.70. The summed E-state index contributed by atoms with van der Waals surface area (Å²) < 4.78 is 33.3. The molecule has 9 heteroatoms. The van der Waals surface area contributed by atoms with Crippen molar-refractivity contribution < 1.29 is 22.7 Å². The Morgan fingerprint density at radius 3 is 2.19 bits per heavy atom. The number of carbonyl (C=O) groups excluding carboxylic acids is 2. The van der Waals surface area contributed by atoms with E-state index < -0.39 is 10.0 Å². The van der Waals surface area contributed by atoms with Gasteiger partial charge in [-0.1, -0.05) is 37.3 Å². The van der Waals surface area contributed by atoms with E-state index in [1.807, 2.05) is 41.0 Å². The largest absolute Gasteiger partial charge is 0.497 e. The minimum Gasteiger partial charge on any atom is -0.497 e. The zero-order valence-electron chi connectivity index (χ0n) is 21.7. The second-order valence-corrected chi connectivity index (χ2v) is 11.8. The summed E-state index contributed by atoms with van der Waals surface area (Å²) in [5.41, 5.74) is 0.943. The maximum Gasteiger partial charge on any atom is 0.243 e. The van der Waals surface area contributed by atoms with E-state index in [2.05, 4.69) is 0 Å². The minimum absolute atomic E-state index is 0.0687. The van der Waals surface area contributed by atoms with Gasteiger partial charge in [0.25, 0.3) is 0 Å². The van der Waals surface area contributed by atoms with Gasteiger partial charge in [-0.3, -0.25) is 9.59 Å². The van der Waals surface area contributed by atoms with E-state index in [-0.39, 0.29) is 41.8 Å². The van der Waals surface area contributed by atoms with Crippen molar-refractivity contribution in [2.45, 2.75) is 56.5 Å². The molecule has 1 heterocycles. The number of hydrogen-bond acceptors (Lipinski definition) is 5. The Morgan fingerprint density at radius 2 is 1.62 bits per heavy atom. The zero-order valence-corrected chi connectivity index (χ0v) is 22.5. The highest BCUT2D eigenvalue weighted by Crippen LogP contribution is 2.32. The van der Waals surface area contributed by atoms with E-state index >= 15 is 0 Å². The van der Waals surface area contributed by atoms with Gasteiger partial charge in [0.15, 0.2) is 0 Å². The van der Waals surface area contributed by atoms with Crippen LogP contribution in [-0.4, -0.2) is 73.7 Å². The maximum atomic E-state index is 13.8. The molecule has 200 valence electrons. The highest BCUT2D eigenvalue weighted by atomic mass is 32.2. The van der Waals surface area contributed by atoms with E-state index in [1.54, 1.807) is 37.4 Å². The molecule has 1 saturated carbocycles. The number of nitrogens with zero attached hydrogens (tertiary/aromatic N) is 3. The fourth-order valence-electron chi connectivity index (χ4n) is 4.85. The van der Waals surface area contributed by atoms with Crippen molar-refractivity contribution in [2.24, 2.45) is 5.92 Å². The molecule has 0 spiro atoms. The Bertz CT molecular complexity index is 1160. The molecule has 0 atom stereocenters. The molecule has 2 aromatic carbocycles. The first-order valence-electron chi connectivity index (χ1n) is 13.1. The lowest BCUT2D eigenvalue weighted by molar-refractivity contribution is -0.138. The number of methoxy groups -OCH3 is 1. The van der Waals surface area contributed by atoms with Crippen LogP contribution in [-0.2, 0) is 26.2 Å². The number of likely N-dealkylation sites (tertiary alicyclic amines) is 1. The Balaban J connectivity index is 1.53. The number of benzene rings is 2. The topological polar surface area (TPSA) is 87.2 Å². The lowest BCUT2D eigenvalue weighted by Crippen LogP contribution is -2.51. The van der Waals surface area contributed by atoms with Gasteiger partial charge in [-0.15, -0.1) is 0 Å². The monoisotopic (exact) mass is 527 g/mol. The van der Waals surface area contributed by atoms with Crippen LogP contribution >= 0.6 is 0 Å². The standard InChI is InChI=1S/C28H37N3O5S/c1-3-17-30(37(34,35)26-7-5-4-6-8-26)21-27(32)31(20-22-9-13-25(36-2)14-10-22)24-15-18-29(19-16-24)28(33)23-11-12-23/h4-10,13-14,23-24H,3,11-12,15-21H2,1-2H3. The summed E-state index contributed by atoms with van der Waals surface area (Å²) in [4.78, 5) is 30.2. The van der Waals surface area contributed by atoms with Gasteiger partial charge < -0.3 is 14.5 Å². The summed E-state index contributed by atoms with van der Waals surface area (Å²) >= 11 is 0. The third-order valence-electron chi connectivity index (χ3n) is 7.14. The van der Waals surface area contributed by atoms with E-state index in [9.17, 15) is 18.0 Å². The molecule has 2 amide bonds. The summed E-state index contributed by atoms with van der Waals surface area (Å²) in [6.45, 7) is 3.55. The van der Waals surface area contributed by atoms with E-state index in [4.69, 9.17) is 4.74 Å². The number of carbonyl (C=O) groups is 2. The highest BCUT2D eigenvalue weighted by Gasteiger charge is 2.37. The van der Waals surface area contributed by atoms with Crippen LogP contribution in [0.2, 0.25) is 0 Å². The van der Waals surface area contributed by atoms with Crippen LogP contribution in [0.3, 0.4) is 0 Å². The van der Waals surface area contributed by atoms with Crippen LogP contribution < -0.4 is 4.74 Å². The number of piperidine rings is 1. The molecule has 2 fully saturated rings. The number of sulfonamides is 1. The van der Waals surface area contributed by atoms with E-state index in [1.165, 1.54) is 4.31 Å². The minimum atomic E-state index is -3.81. The van der Waals surface area contributed by atoms with Gasteiger partial charge in [0.2, 0.25) is 21.8 Å². The van der Waals surface area contributed by atoms with Crippen LogP contribution in [0.5, 0.6) is 5.75 Å². The second-order valence-electron chi connectivity index (χ2n) is 9.85. The molecule has 1 saturated heterocycles. The summed E-state index contributed by atoms with van der Waals surface area (Å²) in [6.07, 6.45) is 3.91. The summed E-state index contributed by atoms with van der Waals surface area (Å²) in [5, 5.41) is 0. The molecule has 0 N–H and O–H groups in total. The average Bonchev–Trinajstić information content (AvgIpc) is 3.78. The SMILES string of the molecule is CCCN(CC(=O)N(Cc1ccc(OC)cc1)C1CCN(C(=O)C2CC2)CC1)S(=O)(=O)c1ccccc1. The highest BCUT2D eigenvalue weighted by molar-refractivity contribution is 7.89. The Hall–Kier alpha value is -2.91. The molecule has 8 nitrogen and oxygen atoms in total. The normalized spacial score (nSPS) is 16.6. The van der Waals surface area contributed by atoms with Crippen molar-refractivity contribution in [2.75, 3.05) is 33.3 Å². The maximum absolute atomic E-state index is 13.8. The van der Waals surface area contributed by atoms with Gasteiger partial charge in [-0.2, -0.15) is 4.31 Å². The first-order chi connectivity index (χ1) is 17.8. The molecule has 0 bridgehead atoms. The second kappa shape index (κ2) is 12.1. The number of rotatable bonds is 11. The molecule has 37 heavy (non-hydrogen) atoms. The summed E-state index contributed by atoms with van der Waals surface area (Å²) in [6, 6.07) is 15.8. The van der Waals surface area contributed by atoms with E-state index in [0.29, 0.717) is 38.9 Å². The van der Waals surface area contributed by atoms with Crippen LogP contribution in [0.25, 0.3) is 0 Å². The van der Waals surface area contributed by atoms with Crippen molar-refractivity contribution in [3.63, 3.8) is 0 Å². The predicted molar refractivity (Wildman–Crippen MR) is 141 cm³/mol. The summed E-state index contributed by atoms with van der Waals surface area (Å²) in [5.74, 6) is 0.918. The Kier molecular flexibility index (Phi) is 8.87. The molecular weight excluding hydrogens is 490 g/mol. The fourth-order valence-corrected chi connectivity index (χ4v) is 6.35. The molecule has 4 rings (SSSR count). The molecule has 1 aliphatic heterocycles. The van der Waals surface area contributed by atoms with Crippen LogP contribution in [0.1, 0.15) is 44.6 Å². The molecular formula is C28H37N3O5S. The lowest BCUT2D eigenvalue weighted by atomic mass is 10.0. The number of hydrogen-bond donors (Lipinski definition) is 0. The van der Waals surface area contributed by atoms with Crippen molar-refractivity contribution in [1.82, 2.24) is 14.1 Å². The van der Waals surface area contributed by atoms with Crippen LogP contribution in [0, 0.1) is 5.92 Å². The van der Waals surface area contributed by atoms with Gasteiger partial charge in [-0.05, 0) is 61.9 Å². The Labute approximate surface area is 220 Å². The predicted octanol–water partition coefficient (Wildman–Crippen LogP) is 3.53. The van der Waals surface area contributed by atoms with Crippen LogP contribution in [0.15, 0.2) is 59.5 Å². The Morgan fingerprint density at radius 1 is 0.973 bits per heavy atom. The molecule has 2 aromatic rings. The summed E-state index contributed by atoms with van der Waals surface area (Å²) in [7, 11) is -2.20. The van der Waals surface area contributed by atoms with Crippen molar-refractivity contribution in [3.8, 4) is 5.75 Å². The molecule has 0 unspecified atom stereocenters. The first-order valence-corrected chi connectivity index (χ1v) is 14.5. The van der Waals surface area contributed by atoms with Crippen molar-refractivity contribution in [3.05, 3.63) is 60.2 Å². The first kappa shape index (κ1) is 27.1. The number of ether oxygens (including phenoxy) is 1. The van der Waals surface area contributed by atoms with Gasteiger partial charge >= 0.3 is 0 Å². The van der Waals surface area contributed by atoms with E-state index in [0.717, 1.165) is 24.2 Å². The molecule has 2 aliphatic rings. The van der Waals surface area contributed by atoms with Crippen LogP contribution in [0.4, 0.5) is 0 Å². The average molecular weight is 528 g/mol. The molecule has 1 aliphatic carbocycles. The molecule has 0 radical (unpaired) electrons. The zero-order chi connectivity index (χ0) is 26.4. The smallest absolute Gasteiger partial charge is 0.243 e. The van der Waals surface area contributed by atoms with Gasteiger partial charge in [0.1, 0.15) is 5.75 Å². The third-order valence-corrected chi connectivity index (χ3v) is 9.00. The van der Waals surface area contributed by atoms with Gasteiger partial charge in [0.05, 0.1) is 18.6 Å². The lowest BCUT2D eigenvalue weighted by Gasteiger charge is -2.39. The van der Waals surface area contributed by atoms with Crippen molar-refractivity contribution >= 4 is 21.8 Å².